The molecule has 0 saturated carbocycles. The van der Waals surface area contributed by atoms with Gasteiger partial charge in [0, 0.05) is 7.11 Å². The fourth-order valence-corrected chi connectivity index (χ4v) is 1.55. The number of halogens is 1. The van der Waals surface area contributed by atoms with Crippen LogP contribution in [0.3, 0.4) is 0 Å². The Bertz CT molecular complexity index is 327. The number of benzene rings is 1. The first-order valence-electron chi connectivity index (χ1n) is 4.26. The van der Waals surface area contributed by atoms with Crippen LogP contribution in [-0.2, 0) is 4.74 Å². The molecule has 0 spiro atoms. The van der Waals surface area contributed by atoms with Crippen LogP contribution in [0.4, 0.5) is 0 Å². The van der Waals surface area contributed by atoms with Crippen LogP contribution >= 0.6 is 15.9 Å². The fraction of sp³-hybridized carbons (Fsp3) is 0.400. The molecule has 0 amide bonds. The first-order chi connectivity index (χ1) is 7.24. The molecule has 84 valence electrons. The van der Waals surface area contributed by atoms with E-state index in [1.807, 2.05) is 6.07 Å². The van der Waals surface area contributed by atoms with Crippen LogP contribution in [0.25, 0.3) is 0 Å². The highest BCUT2D eigenvalue weighted by Crippen LogP contribution is 2.42. The lowest BCUT2D eigenvalue weighted by atomic mass is 10.3. The van der Waals surface area contributed by atoms with E-state index in [0.717, 1.165) is 4.47 Å². The summed E-state index contributed by atoms with van der Waals surface area (Å²) in [5, 5.41) is 0. The standard InChI is InChI=1S/C10H13BrO4/c1-12-6-15-9-7(11)4-5-8(13-2)10(9)14-3/h4-5H,6H2,1-3H3. The number of hydrogen-bond acceptors (Lipinski definition) is 4. The third-order valence-corrected chi connectivity index (χ3v) is 2.40. The zero-order chi connectivity index (χ0) is 11.3. The summed E-state index contributed by atoms with van der Waals surface area (Å²) >= 11 is 3.37. The summed E-state index contributed by atoms with van der Waals surface area (Å²) < 4.78 is 21.4. The van der Waals surface area contributed by atoms with Gasteiger partial charge in [0.1, 0.15) is 0 Å². The molecule has 0 unspecified atom stereocenters. The topological polar surface area (TPSA) is 36.9 Å². The van der Waals surface area contributed by atoms with Gasteiger partial charge in [-0.05, 0) is 28.1 Å². The van der Waals surface area contributed by atoms with Crippen LogP contribution in [0.5, 0.6) is 17.2 Å². The summed E-state index contributed by atoms with van der Waals surface area (Å²) in [4.78, 5) is 0. The maximum Gasteiger partial charge on any atom is 0.204 e. The number of methoxy groups -OCH3 is 3. The summed E-state index contributed by atoms with van der Waals surface area (Å²) in [6.07, 6.45) is 0. The molecule has 0 bridgehead atoms. The molecule has 15 heavy (non-hydrogen) atoms. The van der Waals surface area contributed by atoms with Crippen LogP contribution < -0.4 is 14.2 Å². The summed E-state index contributed by atoms with van der Waals surface area (Å²) in [5.74, 6) is 1.73. The Kier molecular flexibility index (Phi) is 4.71. The third-order valence-electron chi connectivity index (χ3n) is 1.77. The highest BCUT2D eigenvalue weighted by atomic mass is 79.9. The minimum Gasteiger partial charge on any atom is -0.493 e. The van der Waals surface area contributed by atoms with E-state index in [1.165, 1.54) is 0 Å². The molecule has 0 fully saturated rings. The van der Waals surface area contributed by atoms with Crippen molar-refractivity contribution in [2.75, 3.05) is 28.1 Å². The monoisotopic (exact) mass is 276 g/mol. The van der Waals surface area contributed by atoms with Gasteiger partial charge in [-0.1, -0.05) is 0 Å². The first kappa shape index (κ1) is 12.1. The van der Waals surface area contributed by atoms with Gasteiger partial charge < -0.3 is 18.9 Å². The minimum atomic E-state index is 0.155. The molecule has 1 aromatic rings. The number of hydrogen-bond donors (Lipinski definition) is 0. The molecule has 1 aromatic carbocycles. The van der Waals surface area contributed by atoms with E-state index in [9.17, 15) is 0 Å². The molecule has 0 heterocycles. The molecular formula is C10H13BrO4. The van der Waals surface area contributed by atoms with Gasteiger partial charge in [0.2, 0.25) is 5.75 Å². The van der Waals surface area contributed by atoms with Crippen molar-refractivity contribution in [1.29, 1.82) is 0 Å². The Morgan fingerprint density at radius 3 is 2.33 bits per heavy atom. The van der Waals surface area contributed by atoms with Crippen molar-refractivity contribution in [1.82, 2.24) is 0 Å². The molecule has 0 radical (unpaired) electrons. The van der Waals surface area contributed by atoms with Crippen molar-refractivity contribution in [3.8, 4) is 17.2 Å². The smallest absolute Gasteiger partial charge is 0.204 e. The molecule has 5 heteroatoms. The maximum absolute atomic E-state index is 5.38. The highest BCUT2D eigenvalue weighted by Gasteiger charge is 2.14. The van der Waals surface area contributed by atoms with Crippen molar-refractivity contribution in [3.05, 3.63) is 16.6 Å². The zero-order valence-electron chi connectivity index (χ0n) is 8.87. The summed E-state index contributed by atoms with van der Waals surface area (Å²) in [5.41, 5.74) is 0. The van der Waals surface area contributed by atoms with Gasteiger partial charge >= 0.3 is 0 Å². The van der Waals surface area contributed by atoms with Gasteiger partial charge in [-0.15, -0.1) is 0 Å². The quantitative estimate of drug-likeness (QED) is 0.775. The van der Waals surface area contributed by atoms with Crippen LogP contribution in [0.15, 0.2) is 16.6 Å². The number of rotatable bonds is 5. The van der Waals surface area contributed by atoms with Gasteiger partial charge in [-0.3, -0.25) is 0 Å². The summed E-state index contributed by atoms with van der Waals surface area (Å²) in [7, 11) is 4.69. The van der Waals surface area contributed by atoms with Crippen LogP contribution in [-0.4, -0.2) is 28.1 Å². The molecule has 0 aromatic heterocycles. The predicted octanol–water partition coefficient (Wildman–Crippen LogP) is 2.45. The maximum atomic E-state index is 5.38. The normalized spacial score (nSPS) is 9.87. The molecule has 0 N–H and O–H groups in total. The highest BCUT2D eigenvalue weighted by molar-refractivity contribution is 9.10. The Balaban J connectivity index is 3.07. The zero-order valence-corrected chi connectivity index (χ0v) is 10.5. The number of ether oxygens (including phenoxy) is 4. The molecular weight excluding hydrogens is 264 g/mol. The van der Waals surface area contributed by atoms with E-state index in [2.05, 4.69) is 15.9 Å². The lowest BCUT2D eigenvalue weighted by Gasteiger charge is -2.14. The average Bonchev–Trinajstić information content (AvgIpc) is 2.27. The summed E-state index contributed by atoms with van der Waals surface area (Å²) in [6.45, 7) is 0.155. The Morgan fingerprint density at radius 2 is 1.80 bits per heavy atom. The molecule has 4 nitrogen and oxygen atoms in total. The van der Waals surface area contributed by atoms with E-state index in [0.29, 0.717) is 17.2 Å². The van der Waals surface area contributed by atoms with Gasteiger partial charge in [0.05, 0.1) is 18.7 Å². The van der Waals surface area contributed by atoms with Gasteiger partial charge in [0.15, 0.2) is 18.3 Å². The van der Waals surface area contributed by atoms with Gasteiger partial charge in [0.25, 0.3) is 0 Å². The largest absolute Gasteiger partial charge is 0.493 e. The van der Waals surface area contributed by atoms with Crippen LogP contribution in [0.2, 0.25) is 0 Å². The van der Waals surface area contributed by atoms with Crippen molar-refractivity contribution >= 4 is 15.9 Å². The third kappa shape index (κ3) is 2.76. The van der Waals surface area contributed by atoms with Gasteiger partial charge in [-0.25, -0.2) is 0 Å². The van der Waals surface area contributed by atoms with E-state index in [1.54, 1.807) is 27.4 Å². The Morgan fingerprint density at radius 1 is 1.07 bits per heavy atom. The SMILES string of the molecule is COCOc1c(Br)ccc(OC)c1OC. The van der Waals surface area contributed by atoms with Crippen molar-refractivity contribution < 1.29 is 18.9 Å². The second-order valence-electron chi connectivity index (χ2n) is 2.66. The Labute approximate surface area is 97.2 Å². The van der Waals surface area contributed by atoms with Crippen molar-refractivity contribution in [3.63, 3.8) is 0 Å². The molecule has 1 rings (SSSR count). The molecule has 0 saturated heterocycles. The summed E-state index contributed by atoms with van der Waals surface area (Å²) in [6, 6.07) is 3.62. The first-order valence-corrected chi connectivity index (χ1v) is 5.06. The second-order valence-corrected chi connectivity index (χ2v) is 3.52. The fourth-order valence-electron chi connectivity index (χ4n) is 1.13. The molecule has 0 aliphatic rings. The minimum absolute atomic E-state index is 0.155. The average molecular weight is 277 g/mol. The molecule has 0 aliphatic carbocycles. The van der Waals surface area contributed by atoms with Crippen molar-refractivity contribution in [2.45, 2.75) is 0 Å². The van der Waals surface area contributed by atoms with Crippen LogP contribution in [0.1, 0.15) is 0 Å². The van der Waals surface area contributed by atoms with E-state index >= 15 is 0 Å². The Hall–Kier alpha value is -0.940. The predicted molar refractivity (Wildman–Crippen MR) is 59.8 cm³/mol. The molecule has 0 aliphatic heterocycles. The molecule has 0 atom stereocenters. The van der Waals surface area contributed by atoms with Crippen LogP contribution in [0, 0.1) is 0 Å². The van der Waals surface area contributed by atoms with Crippen molar-refractivity contribution in [2.24, 2.45) is 0 Å². The lowest BCUT2D eigenvalue weighted by Crippen LogP contribution is -2.02. The second kappa shape index (κ2) is 5.82. The van der Waals surface area contributed by atoms with E-state index in [-0.39, 0.29) is 6.79 Å². The van der Waals surface area contributed by atoms with E-state index in [4.69, 9.17) is 18.9 Å². The van der Waals surface area contributed by atoms with Gasteiger partial charge in [-0.2, -0.15) is 0 Å². The lowest BCUT2D eigenvalue weighted by molar-refractivity contribution is 0.0483. The van der Waals surface area contributed by atoms with E-state index < -0.39 is 0 Å².